The monoisotopic (exact) mass is 784 g/mol. The minimum Gasteiger partial charge on any atom is -0.466 e. The summed E-state index contributed by atoms with van der Waals surface area (Å²) in [4.78, 5) is 28.5. The van der Waals surface area contributed by atoms with Gasteiger partial charge in [0.1, 0.15) is 28.6 Å². The summed E-state index contributed by atoms with van der Waals surface area (Å²) in [5.41, 5.74) is 2.95. The summed E-state index contributed by atoms with van der Waals surface area (Å²) < 4.78 is 35.0. The lowest BCUT2D eigenvalue weighted by atomic mass is 9.61. The molecule has 3 aliphatic carbocycles. The van der Waals surface area contributed by atoms with Gasteiger partial charge in [0.2, 0.25) is 0 Å². The molecule has 0 radical (unpaired) electrons. The number of ether oxygens (including phenoxy) is 1. The predicted molar refractivity (Wildman–Crippen MR) is 222 cm³/mol. The molecule has 8 aromatic rings. The number of hydrogen-bond donors (Lipinski definition) is 1. The largest absolute Gasteiger partial charge is 0.466 e. The van der Waals surface area contributed by atoms with Crippen molar-refractivity contribution in [2.24, 2.45) is 17.8 Å². The van der Waals surface area contributed by atoms with Crippen LogP contribution in [0, 0.1) is 23.6 Å². The number of benzene rings is 3. The number of nitrogens with zero attached hydrogens (tertiary/aromatic N) is 5. The zero-order valence-corrected chi connectivity index (χ0v) is 32.4. The number of aromatic nitrogens is 5. The number of anilines is 1. The number of hydrogen-bond acceptors (Lipinski definition) is 9. The Bertz CT molecular complexity index is 2630. The number of nitrogens with one attached hydrogen (secondary N) is 1. The summed E-state index contributed by atoms with van der Waals surface area (Å²) in [5, 5.41) is 9.51. The van der Waals surface area contributed by atoms with Crippen molar-refractivity contribution >= 4 is 22.8 Å². The molecule has 3 fully saturated rings. The van der Waals surface area contributed by atoms with Crippen molar-refractivity contribution in [1.82, 2.24) is 24.7 Å². The van der Waals surface area contributed by atoms with Crippen LogP contribution in [-0.2, 0) is 15.1 Å². The first kappa shape index (κ1) is 36.5. The Morgan fingerprint density at radius 1 is 0.797 bits per heavy atom. The minimum atomic E-state index is -1.06. The Morgan fingerprint density at radius 2 is 1.44 bits per heavy atom. The number of rotatable bonds is 11. The van der Waals surface area contributed by atoms with Crippen LogP contribution in [0.5, 0.6) is 0 Å². The first-order valence-corrected chi connectivity index (χ1v) is 20.2. The first-order chi connectivity index (χ1) is 29.0. The first-order valence-electron chi connectivity index (χ1n) is 20.2. The van der Waals surface area contributed by atoms with Gasteiger partial charge in [0.15, 0.2) is 28.8 Å². The summed E-state index contributed by atoms with van der Waals surface area (Å²) in [7, 11) is 0. The zero-order valence-electron chi connectivity index (χ0n) is 32.4. The van der Waals surface area contributed by atoms with Gasteiger partial charge in [-0.1, -0.05) is 91.0 Å². The van der Waals surface area contributed by atoms with E-state index in [4.69, 9.17) is 33.6 Å². The highest BCUT2D eigenvalue weighted by molar-refractivity contribution is 5.90. The second-order valence-electron chi connectivity index (χ2n) is 15.3. The molecule has 0 aliphatic heterocycles. The number of fused-ring (bicyclic) bond motifs is 4. The molecule has 5 aromatic heterocycles. The van der Waals surface area contributed by atoms with Gasteiger partial charge >= 0.3 is 5.97 Å². The fourth-order valence-corrected chi connectivity index (χ4v) is 9.47. The molecule has 11 rings (SSSR count). The maximum atomic E-state index is 15.5. The Balaban J connectivity index is 1.20. The van der Waals surface area contributed by atoms with Crippen LogP contribution in [0.2, 0.25) is 0 Å². The minimum absolute atomic E-state index is 0.187. The SMILES string of the molecule is CCOC(=O)[C@H]1C2CCC(CC2)[C@@H]1Nc1cc(-c2ccc(-c3ccco3)o2)nc(-c2nn(C(c3ccccc3)(c3ccccc3)c3ccccc3)c3ncc(F)cc23)n1. The van der Waals surface area contributed by atoms with Crippen LogP contribution in [0.25, 0.3) is 45.5 Å². The van der Waals surface area contributed by atoms with Crippen LogP contribution in [0.1, 0.15) is 49.3 Å². The molecular formula is C48H41FN6O4. The Hall–Kier alpha value is -6.88. The van der Waals surface area contributed by atoms with Crippen LogP contribution in [0.15, 0.2) is 149 Å². The molecular weight excluding hydrogens is 744 g/mol. The van der Waals surface area contributed by atoms with E-state index in [1.165, 1.54) is 12.3 Å². The smallest absolute Gasteiger partial charge is 0.311 e. The lowest BCUT2D eigenvalue weighted by molar-refractivity contribution is -0.154. The highest BCUT2D eigenvalue weighted by Gasteiger charge is 2.48. The molecule has 10 nitrogen and oxygen atoms in total. The number of halogens is 1. The Kier molecular flexibility index (Phi) is 9.35. The van der Waals surface area contributed by atoms with Gasteiger partial charge in [0.25, 0.3) is 0 Å². The molecule has 59 heavy (non-hydrogen) atoms. The van der Waals surface area contributed by atoms with Crippen LogP contribution in [0.3, 0.4) is 0 Å². The van der Waals surface area contributed by atoms with Gasteiger partial charge in [-0.3, -0.25) is 4.79 Å². The van der Waals surface area contributed by atoms with Crippen LogP contribution in [0.4, 0.5) is 10.2 Å². The van der Waals surface area contributed by atoms with Crippen molar-refractivity contribution in [3.8, 4) is 34.5 Å². The second kappa shape index (κ2) is 15.1. The maximum absolute atomic E-state index is 15.5. The molecule has 294 valence electrons. The van der Waals surface area contributed by atoms with Crippen molar-refractivity contribution in [2.45, 2.75) is 44.2 Å². The van der Waals surface area contributed by atoms with E-state index >= 15 is 4.39 Å². The maximum Gasteiger partial charge on any atom is 0.311 e. The number of carbonyl (C=O) groups excluding carboxylic acids is 1. The molecule has 0 amide bonds. The van der Waals surface area contributed by atoms with E-state index in [-0.39, 0.29) is 35.6 Å². The van der Waals surface area contributed by atoms with Crippen molar-refractivity contribution in [2.75, 3.05) is 11.9 Å². The number of carbonyl (C=O) groups is 1. The molecule has 3 aromatic carbocycles. The lowest BCUT2D eigenvalue weighted by Crippen LogP contribution is -2.52. The molecule has 0 spiro atoms. The third kappa shape index (κ3) is 6.37. The average molecular weight is 785 g/mol. The summed E-state index contributed by atoms with van der Waals surface area (Å²) >= 11 is 0. The molecule has 1 N–H and O–H groups in total. The number of pyridine rings is 1. The summed E-state index contributed by atoms with van der Waals surface area (Å²) in [6.07, 6.45) is 6.80. The van der Waals surface area contributed by atoms with Gasteiger partial charge in [-0.15, -0.1) is 0 Å². The molecule has 0 saturated heterocycles. The van der Waals surface area contributed by atoms with E-state index in [1.807, 2.05) is 90.5 Å². The normalized spacial score (nSPS) is 18.9. The van der Waals surface area contributed by atoms with E-state index in [2.05, 4.69) is 41.7 Å². The van der Waals surface area contributed by atoms with Crippen LogP contribution >= 0.6 is 0 Å². The Labute approximate surface area is 340 Å². The average Bonchev–Trinajstić information content (AvgIpc) is 4.07. The summed E-state index contributed by atoms with van der Waals surface area (Å²) in [6, 6.07) is 40.7. The van der Waals surface area contributed by atoms with E-state index in [1.54, 1.807) is 12.3 Å². The van der Waals surface area contributed by atoms with Gasteiger partial charge in [0, 0.05) is 12.1 Å². The van der Waals surface area contributed by atoms with E-state index in [0.717, 1.165) is 42.4 Å². The molecule has 2 bridgehead atoms. The number of esters is 1. The highest BCUT2D eigenvalue weighted by Crippen LogP contribution is 2.48. The van der Waals surface area contributed by atoms with Crippen LogP contribution < -0.4 is 5.32 Å². The van der Waals surface area contributed by atoms with Gasteiger partial charge in [-0.05, 0) is 91.5 Å². The van der Waals surface area contributed by atoms with Crippen molar-refractivity contribution in [3.05, 3.63) is 162 Å². The van der Waals surface area contributed by atoms with Gasteiger partial charge in [-0.2, -0.15) is 5.10 Å². The summed E-state index contributed by atoms with van der Waals surface area (Å²) in [6.45, 7) is 2.16. The van der Waals surface area contributed by atoms with Crippen LogP contribution in [-0.4, -0.2) is 43.4 Å². The highest BCUT2D eigenvalue weighted by atomic mass is 19.1. The van der Waals surface area contributed by atoms with Crippen molar-refractivity contribution < 1.29 is 22.8 Å². The lowest BCUT2D eigenvalue weighted by Gasteiger charge is -2.47. The molecule has 11 heteroatoms. The number of furan rings is 2. The third-order valence-electron chi connectivity index (χ3n) is 12.0. The fourth-order valence-electron chi connectivity index (χ4n) is 9.47. The fraction of sp³-hybridized carbons (Fsp3) is 0.229. The molecule has 0 unspecified atom stereocenters. The second-order valence-corrected chi connectivity index (χ2v) is 15.3. The summed E-state index contributed by atoms with van der Waals surface area (Å²) in [5.74, 6) is 1.73. The topological polar surface area (TPSA) is 121 Å². The molecule has 5 heterocycles. The Morgan fingerprint density at radius 3 is 2.07 bits per heavy atom. The van der Waals surface area contributed by atoms with Crippen molar-refractivity contribution in [3.63, 3.8) is 0 Å². The third-order valence-corrected chi connectivity index (χ3v) is 12.0. The van der Waals surface area contributed by atoms with Crippen molar-refractivity contribution in [1.29, 1.82) is 0 Å². The molecule has 3 aliphatic rings. The molecule has 2 atom stereocenters. The van der Waals surface area contributed by atoms with E-state index < -0.39 is 11.4 Å². The zero-order chi connectivity index (χ0) is 39.9. The van der Waals surface area contributed by atoms with E-state index in [0.29, 0.717) is 52.1 Å². The quantitative estimate of drug-likeness (QED) is 0.101. The standard InChI is InChI=1S/C48H41FN6O4/c1-2-57-47(56)42-30-20-22-31(23-21-30)43(42)52-41-28-37(38-24-25-40(59-38)39-19-12-26-58-39)51-45(53-41)44-36-27-35(49)29-50-46(36)55(54-44)48(32-13-6-3-7-14-32,33-15-8-4-9-16-33)34-17-10-5-11-18-34/h3-19,24-31,42-43H,2,20-23H2,1H3,(H,51,52,53)/t30?,31?,42-,43-/m0/s1. The molecule has 3 saturated carbocycles. The van der Waals surface area contributed by atoms with E-state index in [9.17, 15) is 4.79 Å². The van der Waals surface area contributed by atoms with Gasteiger partial charge in [-0.25, -0.2) is 24.0 Å². The predicted octanol–water partition coefficient (Wildman–Crippen LogP) is 10.2. The van der Waals surface area contributed by atoms with Gasteiger partial charge in [0.05, 0.1) is 30.4 Å². The van der Waals surface area contributed by atoms with Gasteiger partial charge < -0.3 is 18.9 Å².